The summed E-state index contributed by atoms with van der Waals surface area (Å²) in [5, 5.41) is 18.7. The number of thiazole rings is 1. The molecule has 0 aliphatic heterocycles. The van der Waals surface area contributed by atoms with Crippen LogP contribution in [0.1, 0.15) is 23.7 Å². The molecule has 1 heterocycles. The first-order valence-corrected chi connectivity index (χ1v) is 13.7. The van der Waals surface area contributed by atoms with E-state index < -0.39 is 10.8 Å². The lowest BCUT2D eigenvalue weighted by Gasteiger charge is -2.14. The van der Waals surface area contributed by atoms with Crippen LogP contribution < -0.4 is 10.6 Å². The van der Waals surface area contributed by atoms with Crippen LogP contribution in [0.15, 0.2) is 87.5 Å². The number of hydrogen-bond donors (Lipinski definition) is 2. The molecular formula is C26H21BrN4O4S2. The summed E-state index contributed by atoms with van der Waals surface area (Å²) < 4.78 is 0.982. The molecule has 188 valence electrons. The third-order valence-corrected chi connectivity index (χ3v) is 7.87. The number of nitro benzene ring substituents is 1. The Morgan fingerprint density at radius 3 is 2.57 bits per heavy atom. The van der Waals surface area contributed by atoms with Crippen LogP contribution in [-0.2, 0) is 4.79 Å². The van der Waals surface area contributed by atoms with Crippen molar-refractivity contribution >= 4 is 67.3 Å². The summed E-state index contributed by atoms with van der Waals surface area (Å²) in [4.78, 5) is 41.4. The van der Waals surface area contributed by atoms with Crippen molar-refractivity contribution in [2.75, 3.05) is 10.6 Å². The summed E-state index contributed by atoms with van der Waals surface area (Å²) in [6.45, 7) is 1.93. The molecule has 0 radical (unpaired) electrons. The number of carbonyl (C=O) groups excluding carboxylic acids is 2. The van der Waals surface area contributed by atoms with Crippen molar-refractivity contribution < 1.29 is 14.5 Å². The SMILES string of the molecule is CCC(Sc1cccc(NC(=O)c2cccc([N+](=O)[O-])c2)c1)C(=O)Nc1nc(-c2ccc(Br)cc2)cs1. The molecule has 2 N–H and O–H groups in total. The van der Waals surface area contributed by atoms with Crippen LogP contribution in [0.5, 0.6) is 0 Å². The van der Waals surface area contributed by atoms with E-state index >= 15 is 0 Å². The van der Waals surface area contributed by atoms with Crippen LogP contribution in [0.4, 0.5) is 16.5 Å². The first-order chi connectivity index (χ1) is 17.8. The number of nitrogens with zero attached hydrogens (tertiary/aromatic N) is 2. The Balaban J connectivity index is 1.40. The summed E-state index contributed by atoms with van der Waals surface area (Å²) in [5.41, 5.74) is 2.31. The molecule has 1 aromatic heterocycles. The number of carbonyl (C=O) groups is 2. The van der Waals surface area contributed by atoms with Crippen LogP contribution in [0.2, 0.25) is 0 Å². The fraction of sp³-hybridized carbons (Fsp3) is 0.115. The molecule has 0 bridgehead atoms. The van der Waals surface area contributed by atoms with Crippen molar-refractivity contribution in [1.82, 2.24) is 4.98 Å². The number of hydrogen-bond acceptors (Lipinski definition) is 7. The molecule has 4 rings (SSSR count). The third kappa shape index (κ3) is 7.03. The predicted octanol–water partition coefficient (Wildman–Crippen LogP) is 7.24. The number of benzene rings is 3. The molecule has 37 heavy (non-hydrogen) atoms. The van der Waals surface area contributed by atoms with Gasteiger partial charge in [0.25, 0.3) is 11.6 Å². The zero-order valence-electron chi connectivity index (χ0n) is 19.5. The first kappa shape index (κ1) is 26.5. The van der Waals surface area contributed by atoms with Gasteiger partial charge in [-0.05, 0) is 42.8 Å². The zero-order chi connectivity index (χ0) is 26.4. The molecule has 3 aromatic carbocycles. The molecule has 0 saturated heterocycles. The largest absolute Gasteiger partial charge is 0.322 e. The Morgan fingerprint density at radius 1 is 1.08 bits per heavy atom. The summed E-state index contributed by atoms with van der Waals surface area (Å²) in [5.74, 6) is -0.615. The second-order valence-corrected chi connectivity index (χ2v) is 10.9. The maximum atomic E-state index is 13.0. The van der Waals surface area contributed by atoms with E-state index in [4.69, 9.17) is 0 Å². The van der Waals surface area contributed by atoms with E-state index in [1.807, 2.05) is 42.6 Å². The molecule has 1 unspecified atom stereocenters. The van der Waals surface area contributed by atoms with Gasteiger partial charge in [-0.25, -0.2) is 4.98 Å². The maximum Gasteiger partial charge on any atom is 0.270 e. The minimum Gasteiger partial charge on any atom is -0.322 e. The third-order valence-electron chi connectivity index (χ3n) is 5.23. The van der Waals surface area contributed by atoms with E-state index in [0.29, 0.717) is 17.2 Å². The van der Waals surface area contributed by atoms with Gasteiger partial charge in [0.05, 0.1) is 15.9 Å². The van der Waals surface area contributed by atoms with Crippen molar-refractivity contribution in [1.29, 1.82) is 0 Å². The van der Waals surface area contributed by atoms with E-state index in [0.717, 1.165) is 20.6 Å². The fourth-order valence-corrected chi connectivity index (χ4v) is 5.37. The lowest BCUT2D eigenvalue weighted by atomic mass is 10.2. The molecule has 0 spiro atoms. The van der Waals surface area contributed by atoms with Gasteiger partial charge < -0.3 is 10.6 Å². The lowest BCUT2D eigenvalue weighted by molar-refractivity contribution is -0.384. The van der Waals surface area contributed by atoms with E-state index in [1.54, 1.807) is 18.2 Å². The number of rotatable bonds is 9. The van der Waals surface area contributed by atoms with Crippen molar-refractivity contribution in [2.45, 2.75) is 23.5 Å². The van der Waals surface area contributed by atoms with Crippen molar-refractivity contribution in [3.05, 3.63) is 98.3 Å². The number of anilines is 2. The minimum absolute atomic E-state index is 0.155. The second-order valence-electron chi connectivity index (χ2n) is 7.84. The van der Waals surface area contributed by atoms with E-state index in [2.05, 4.69) is 31.5 Å². The van der Waals surface area contributed by atoms with Gasteiger partial charge in [0.2, 0.25) is 5.91 Å². The standard InChI is InChI=1S/C26H21BrN4O4S2/c1-2-23(25(33)30-26-29-22(15-36-26)16-9-11-18(27)12-10-16)37-21-8-4-6-19(14-21)28-24(32)17-5-3-7-20(13-17)31(34)35/h3-15,23H,2H2,1H3,(H,28,32)(H,29,30,33). The molecule has 11 heteroatoms. The van der Waals surface area contributed by atoms with Gasteiger partial charge in [-0.2, -0.15) is 0 Å². The molecule has 0 fully saturated rings. The molecule has 0 saturated carbocycles. The van der Waals surface area contributed by atoms with E-state index in [-0.39, 0.29) is 22.4 Å². The van der Waals surface area contributed by atoms with E-state index in [1.165, 1.54) is 47.4 Å². The Morgan fingerprint density at radius 2 is 1.84 bits per heavy atom. The Kier molecular flexibility index (Phi) is 8.70. The number of thioether (sulfide) groups is 1. The summed E-state index contributed by atoms with van der Waals surface area (Å²) >= 11 is 6.17. The molecule has 2 amide bonds. The second kappa shape index (κ2) is 12.1. The predicted molar refractivity (Wildman–Crippen MR) is 151 cm³/mol. The van der Waals surface area contributed by atoms with Gasteiger partial charge in [0.1, 0.15) is 0 Å². The number of nitro groups is 1. The van der Waals surface area contributed by atoms with Crippen molar-refractivity contribution in [2.24, 2.45) is 0 Å². The van der Waals surface area contributed by atoms with Crippen LogP contribution in [-0.4, -0.2) is 27.0 Å². The topological polar surface area (TPSA) is 114 Å². The highest BCUT2D eigenvalue weighted by molar-refractivity contribution is 9.10. The average molecular weight is 598 g/mol. The average Bonchev–Trinajstić information content (AvgIpc) is 3.36. The Bertz CT molecular complexity index is 1440. The Labute approximate surface area is 229 Å². The van der Waals surface area contributed by atoms with Gasteiger partial charge in [-0.3, -0.25) is 19.7 Å². The van der Waals surface area contributed by atoms with Crippen LogP contribution in [0, 0.1) is 10.1 Å². The molecule has 0 aliphatic rings. The number of non-ortho nitro benzene ring substituents is 1. The summed E-state index contributed by atoms with van der Waals surface area (Å²) in [6.07, 6.45) is 0.589. The highest BCUT2D eigenvalue weighted by Crippen LogP contribution is 2.30. The van der Waals surface area contributed by atoms with Crippen LogP contribution in [0.25, 0.3) is 11.3 Å². The number of halogens is 1. The fourth-order valence-electron chi connectivity index (χ4n) is 3.37. The minimum atomic E-state index is -0.544. The number of amides is 2. The number of nitrogens with one attached hydrogen (secondary N) is 2. The lowest BCUT2D eigenvalue weighted by Crippen LogP contribution is -2.24. The van der Waals surface area contributed by atoms with Crippen molar-refractivity contribution in [3.8, 4) is 11.3 Å². The quantitative estimate of drug-likeness (QED) is 0.119. The summed E-state index contributed by atoms with van der Waals surface area (Å²) in [7, 11) is 0. The number of aromatic nitrogens is 1. The Hall–Kier alpha value is -3.54. The monoisotopic (exact) mass is 596 g/mol. The molecule has 8 nitrogen and oxygen atoms in total. The van der Waals surface area contributed by atoms with Gasteiger partial charge in [0, 0.05) is 43.7 Å². The summed E-state index contributed by atoms with van der Waals surface area (Å²) in [6, 6.07) is 20.5. The van der Waals surface area contributed by atoms with Gasteiger partial charge in [0.15, 0.2) is 5.13 Å². The normalized spacial score (nSPS) is 11.5. The highest BCUT2D eigenvalue weighted by Gasteiger charge is 2.20. The highest BCUT2D eigenvalue weighted by atomic mass is 79.9. The van der Waals surface area contributed by atoms with Gasteiger partial charge in [-0.15, -0.1) is 23.1 Å². The maximum absolute atomic E-state index is 13.0. The van der Waals surface area contributed by atoms with Crippen molar-refractivity contribution in [3.63, 3.8) is 0 Å². The molecular weight excluding hydrogens is 576 g/mol. The molecule has 0 aliphatic carbocycles. The van der Waals surface area contributed by atoms with E-state index in [9.17, 15) is 19.7 Å². The van der Waals surface area contributed by atoms with Crippen LogP contribution in [0.3, 0.4) is 0 Å². The van der Waals surface area contributed by atoms with Crippen LogP contribution >= 0.6 is 39.0 Å². The molecule has 4 aromatic rings. The molecule has 1 atom stereocenters. The smallest absolute Gasteiger partial charge is 0.270 e. The first-order valence-electron chi connectivity index (χ1n) is 11.2. The zero-order valence-corrected chi connectivity index (χ0v) is 22.7. The van der Waals surface area contributed by atoms with Gasteiger partial charge in [-0.1, -0.05) is 47.1 Å². The van der Waals surface area contributed by atoms with Gasteiger partial charge >= 0.3 is 0 Å².